The van der Waals surface area contributed by atoms with Crippen LogP contribution in [-0.2, 0) is 11.2 Å². The molecule has 2 N–H and O–H groups in total. The number of benzene rings is 1. The summed E-state index contributed by atoms with van der Waals surface area (Å²) in [5.74, 6) is 0.132. The second kappa shape index (κ2) is 9.80. The number of hydrogen-bond donors (Lipinski definition) is 2. The molecule has 1 aromatic carbocycles. The van der Waals surface area contributed by atoms with Crippen molar-refractivity contribution in [3.05, 3.63) is 35.9 Å². The standard InChI is InChI=1S/C20H33N3O/c1-3-23(4-2)15-14-21-17-19(24)22-20(12-8-9-13-20)16-18-10-6-5-7-11-18/h5-7,10-11,21H,3-4,8-9,12-17H2,1-2H3,(H,22,24). The molecule has 1 amide bonds. The van der Waals surface area contributed by atoms with E-state index in [1.54, 1.807) is 0 Å². The fraction of sp³-hybridized carbons (Fsp3) is 0.650. The summed E-state index contributed by atoms with van der Waals surface area (Å²) >= 11 is 0. The van der Waals surface area contributed by atoms with Gasteiger partial charge in [0.1, 0.15) is 0 Å². The van der Waals surface area contributed by atoms with Crippen molar-refractivity contribution >= 4 is 5.91 Å². The van der Waals surface area contributed by atoms with Gasteiger partial charge in [-0.1, -0.05) is 57.0 Å². The van der Waals surface area contributed by atoms with Crippen molar-refractivity contribution in [3.8, 4) is 0 Å². The van der Waals surface area contributed by atoms with Crippen molar-refractivity contribution in [3.63, 3.8) is 0 Å². The summed E-state index contributed by atoms with van der Waals surface area (Å²) in [5.41, 5.74) is 1.27. The maximum absolute atomic E-state index is 12.4. The Morgan fingerprint density at radius 3 is 2.42 bits per heavy atom. The minimum Gasteiger partial charge on any atom is -0.349 e. The molecule has 0 aliphatic heterocycles. The normalized spacial score (nSPS) is 16.5. The molecule has 4 heteroatoms. The van der Waals surface area contributed by atoms with E-state index in [1.807, 2.05) is 6.07 Å². The third kappa shape index (κ3) is 5.91. The van der Waals surface area contributed by atoms with Gasteiger partial charge in [0.15, 0.2) is 0 Å². The predicted molar refractivity (Wildman–Crippen MR) is 100 cm³/mol. The lowest BCUT2D eigenvalue weighted by Gasteiger charge is -2.31. The molecule has 2 rings (SSSR count). The third-order valence-electron chi connectivity index (χ3n) is 5.14. The Hall–Kier alpha value is -1.39. The number of carbonyl (C=O) groups is 1. The minimum absolute atomic E-state index is 0.0427. The molecule has 0 heterocycles. The predicted octanol–water partition coefficient (Wildman–Crippen LogP) is 2.59. The summed E-state index contributed by atoms with van der Waals surface area (Å²) in [5, 5.41) is 6.63. The topological polar surface area (TPSA) is 44.4 Å². The Morgan fingerprint density at radius 2 is 1.79 bits per heavy atom. The van der Waals surface area contributed by atoms with Crippen molar-refractivity contribution in [2.45, 2.75) is 51.5 Å². The second-order valence-corrected chi connectivity index (χ2v) is 6.90. The molecular formula is C20H33N3O. The molecule has 0 aromatic heterocycles. The van der Waals surface area contributed by atoms with Crippen molar-refractivity contribution < 1.29 is 4.79 Å². The first kappa shape index (κ1) is 18.9. The molecule has 0 unspecified atom stereocenters. The average Bonchev–Trinajstić information content (AvgIpc) is 3.04. The van der Waals surface area contributed by atoms with Crippen LogP contribution in [0.3, 0.4) is 0 Å². The van der Waals surface area contributed by atoms with Gasteiger partial charge in [-0.05, 0) is 37.9 Å². The van der Waals surface area contributed by atoms with Gasteiger partial charge in [-0.15, -0.1) is 0 Å². The Kier molecular flexibility index (Phi) is 7.73. The highest BCUT2D eigenvalue weighted by Crippen LogP contribution is 2.32. The summed E-state index contributed by atoms with van der Waals surface area (Å²) in [6, 6.07) is 10.5. The van der Waals surface area contributed by atoms with Crippen molar-refractivity contribution in [1.82, 2.24) is 15.5 Å². The molecular weight excluding hydrogens is 298 g/mol. The lowest BCUT2D eigenvalue weighted by Crippen LogP contribution is -2.51. The molecule has 1 aliphatic rings. The molecule has 1 aromatic rings. The third-order valence-corrected chi connectivity index (χ3v) is 5.14. The van der Waals surface area contributed by atoms with Gasteiger partial charge in [-0.3, -0.25) is 4.79 Å². The lowest BCUT2D eigenvalue weighted by atomic mass is 9.89. The van der Waals surface area contributed by atoms with Gasteiger partial charge in [-0.25, -0.2) is 0 Å². The van der Waals surface area contributed by atoms with Crippen LogP contribution in [0.5, 0.6) is 0 Å². The minimum atomic E-state index is -0.0427. The van der Waals surface area contributed by atoms with Gasteiger partial charge < -0.3 is 15.5 Å². The summed E-state index contributed by atoms with van der Waals surface area (Å²) in [6.07, 6.45) is 5.55. The lowest BCUT2D eigenvalue weighted by molar-refractivity contribution is -0.122. The van der Waals surface area contributed by atoms with Crippen molar-refractivity contribution in [2.24, 2.45) is 0 Å². The Balaban J connectivity index is 1.79. The van der Waals surface area contributed by atoms with E-state index in [4.69, 9.17) is 0 Å². The van der Waals surface area contributed by atoms with Crippen LogP contribution in [0.15, 0.2) is 30.3 Å². The largest absolute Gasteiger partial charge is 0.349 e. The van der Waals surface area contributed by atoms with Crippen LogP contribution < -0.4 is 10.6 Å². The van der Waals surface area contributed by atoms with E-state index in [9.17, 15) is 4.79 Å². The van der Waals surface area contributed by atoms with Crippen LogP contribution in [0.25, 0.3) is 0 Å². The van der Waals surface area contributed by atoms with Crippen LogP contribution in [0.2, 0.25) is 0 Å². The summed E-state index contributed by atoms with van der Waals surface area (Å²) in [6.45, 7) is 8.73. The second-order valence-electron chi connectivity index (χ2n) is 6.90. The maximum atomic E-state index is 12.4. The zero-order valence-corrected chi connectivity index (χ0v) is 15.3. The van der Waals surface area contributed by atoms with Crippen LogP contribution in [-0.4, -0.2) is 49.1 Å². The van der Waals surface area contributed by atoms with Gasteiger partial charge in [0.2, 0.25) is 5.91 Å². The van der Waals surface area contributed by atoms with Crippen LogP contribution in [0.1, 0.15) is 45.1 Å². The van der Waals surface area contributed by atoms with Crippen LogP contribution in [0.4, 0.5) is 0 Å². The van der Waals surface area contributed by atoms with Gasteiger partial charge in [-0.2, -0.15) is 0 Å². The smallest absolute Gasteiger partial charge is 0.234 e. The highest BCUT2D eigenvalue weighted by Gasteiger charge is 2.35. The molecule has 1 fully saturated rings. The Morgan fingerprint density at radius 1 is 1.12 bits per heavy atom. The first-order valence-corrected chi connectivity index (χ1v) is 9.45. The van der Waals surface area contributed by atoms with E-state index in [0.717, 1.165) is 45.4 Å². The number of amides is 1. The molecule has 0 atom stereocenters. The molecule has 24 heavy (non-hydrogen) atoms. The number of rotatable bonds is 10. The first-order valence-electron chi connectivity index (χ1n) is 9.45. The summed E-state index contributed by atoms with van der Waals surface area (Å²) in [7, 11) is 0. The molecule has 0 saturated heterocycles. The molecule has 134 valence electrons. The highest BCUT2D eigenvalue weighted by atomic mass is 16.2. The number of nitrogens with one attached hydrogen (secondary N) is 2. The quantitative estimate of drug-likeness (QED) is 0.648. The molecule has 1 aliphatic carbocycles. The zero-order chi connectivity index (χ0) is 17.3. The van der Waals surface area contributed by atoms with E-state index in [2.05, 4.69) is 53.6 Å². The number of likely N-dealkylation sites (N-methyl/N-ethyl adjacent to an activating group) is 1. The Labute approximate surface area is 147 Å². The van der Waals surface area contributed by atoms with Gasteiger partial charge in [0.05, 0.1) is 6.54 Å². The first-order chi connectivity index (χ1) is 11.7. The van der Waals surface area contributed by atoms with Gasteiger partial charge in [0, 0.05) is 18.6 Å². The van der Waals surface area contributed by atoms with Crippen LogP contribution in [0, 0.1) is 0 Å². The molecule has 0 bridgehead atoms. The van der Waals surface area contributed by atoms with Crippen molar-refractivity contribution in [2.75, 3.05) is 32.7 Å². The highest BCUT2D eigenvalue weighted by molar-refractivity contribution is 5.79. The summed E-state index contributed by atoms with van der Waals surface area (Å²) in [4.78, 5) is 14.8. The molecule has 4 nitrogen and oxygen atoms in total. The number of nitrogens with zero attached hydrogens (tertiary/aromatic N) is 1. The zero-order valence-electron chi connectivity index (χ0n) is 15.3. The van der Waals surface area contributed by atoms with E-state index < -0.39 is 0 Å². The SMILES string of the molecule is CCN(CC)CCNCC(=O)NC1(Cc2ccccc2)CCCC1. The molecule has 0 radical (unpaired) electrons. The number of hydrogen-bond acceptors (Lipinski definition) is 3. The van der Waals surface area contributed by atoms with Crippen LogP contribution >= 0.6 is 0 Å². The van der Waals surface area contributed by atoms with E-state index in [1.165, 1.54) is 18.4 Å². The monoisotopic (exact) mass is 331 g/mol. The Bertz CT molecular complexity index is 479. The van der Waals surface area contributed by atoms with E-state index >= 15 is 0 Å². The molecule has 1 saturated carbocycles. The fourth-order valence-corrected chi connectivity index (χ4v) is 3.70. The van der Waals surface area contributed by atoms with Gasteiger partial charge in [0.25, 0.3) is 0 Å². The average molecular weight is 332 g/mol. The van der Waals surface area contributed by atoms with Crippen molar-refractivity contribution in [1.29, 1.82) is 0 Å². The van der Waals surface area contributed by atoms with E-state index in [-0.39, 0.29) is 11.4 Å². The summed E-state index contributed by atoms with van der Waals surface area (Å²) < 4.78 is 0. The molecule has 0 spiro atoms. The number of carbonyl (C=O) groups excluding carboxylic acids is 1. The van der Waals surface area contributed by atoms with E-state index in [0.29, 0.717) is 6.54 Å². The fourth-order valence-electron chi connectivity index (χ4n) is 3.70. The maximum Gasteiger partial charge on any atom is 0.234 e. The van der Waals surface area contributed by atoms with Gasteiger partial charge >= 0.3 is 0 Å².